The van der Waals surface area contributed by atoms with Gasteiger partial charge in [-0.1, -0.05) is 40.6 Å². The van der Waals surface area contributed by atoms with Crippen molar-refractivity contribution in [2.24, 2.45) is 0 Å². The van der Waals surface area contributed by atoms with Crippen molar-refractivity contribution in [3.05, 3.63) is 53.1 Å². The maximum Gasteiger partial charge on any atom is 0.229 e. The number of nitrogens with zero attached hydrogens (tertiary/aromatic N) is 3. The molecule has 0 unspecified atom stereocenters. The molecule has 2 aromatic carbocycles. The van der Waals surface area contributed by atoms with Crippen LogP contribution in [-0.4, -0.2) is 57.1 Å². The summed E-state index contributed by atoms with van der Waals surface area (Å²) >= 11 is 7.47. The SMILES string of the molecule is Cc1ccc(S(=O)(=O)CCC(=O)N(CCCN(C)C)c2nc3ccc(Cl)cc3s2)cc1.Cl. The number of aryl methyl sites for hydroxylation is 1. The Balaban J connectivity index is 0.00000363. The van der Waals surface area contributed by atoms with E-state index in [0.717, 1.165) is 28.7 Å². The highest BCUT2D eigenvalue weighted by Crippen LogP contribution is 2.31. The predicted molar refractivity (Wildman–Crippen MR) is 135 cm³/mol. The number of amides is 1. The zero-order chi connectivity index (χ0) is 22.6. The summed E-state index contributed by atoms with van der Waals surface area (Å²) in [5, 5.41) is 1.17. The van der Waals surface area contributed by atoms with E-state index in [1.807, 2.05) is 38.1 Å². The number of benzene rings is 2. The van der Waals surface area contributed by atoms with Gasteiger partial charge in [-0.2, -0.15) is 0 Å². The van der Waals surface area contributed by atoms with Crippen LogP contribution in [0.25, 0.3) is 10.2 Å². The third-order valence-corrected chi connectivity index (χ3v) is 7.83. The zero-order valence-electron chi connectivity index (χ0n) is 18.2. The molecule has 0 atom stereocenters. The van der Waals surface area contributed by atoms with Gasteiger partial charge in [0.2, 0.25) is 5.91 Å². The second-order valence-electron chi connectivity index (χ2n) is 7.69. The number of hydrogen-bond donors (Lipinski definition) is 0. The first-order chi connectivity index (χ1) is 14.7. The fourth-order valence-corrected chi connectivity index (χ4v) is 5.61. The summed E-state index contributed by atoms with van der Waals surface area (Å²) in [7, 11) is 0.402. The highest BCUT2D eigenvalue weighted by atomic mass is 35.5. The molecule has 3 rings (SSSR count). The lowest BCUT2D eigenvalue weighted by Gasteiger charge is -2.21. The van der Waals surface area contributed by atoms with E-state index < -0.39 is 9.84 Å². The first-order valence-electron chi connectivity index (χ1n) is 9.96. The van der Waals surface area contributed by atoms with Gasteiger partial charge in [0.1, 0.15) is 0 Å². The third kappa shape index (κ3) is 6.89. The number of hydrogen-bond acceptors (Lipinski definition) is 6. The smallest absolute Gasteiger partial charge is 0.229 e. The third-order valence-electron chi connectivity index (χ3n) is 4.82. The summed E-state index contributed by atoms with van der Waals surface area (Å²) in [6.45, 7) is 3.17. The number of thiazole rings is 1. The molecule has 174 valence electrons. The van der Waals surface area contributed by atoms with Crippen LogP contribution in [0.15, 0.2) is 47.4 Å². The molecule has 0 N–H and O–H groups in total. The molecule has 0 saturated heterocycles. The van der Waals surface area contributed by atoms with Crippen LogP contribution >= 0.6 is 35.3 Å². The van der Waals surface area contributed by atoms with Crippen LogP contribution in [0, 0.1) is 6.92 Å². The summed E-state index contributed by atoms with van der Waals surface area (Å²) in [5.41, 5.74) is 1.75. The van der Waals surface area contributed by atoms with Crippen molar-refractivity contribution in [1.82, 2.24) is 9.88 Å². The van der Waals surface area contributed by atoms with Gasteiger partial charge in [0, 0.05) is 18.0 Å². The second kappa shape index (κ2) is 11.4. The van der Waals surface area contributed by atoms with Crippen LogP contribution in [0.4, 0.5) is 5.13 Å². The van der Waals surface area contributed by atoms with Gasteiger partial charge in [-0.15, -0.1) is 12.4 Å². The normalized spacial score (nSPS) is 11.5. The number of aromatic nitrogens is 1. The molecule has 0 saturated carbocycles. The molecule has 0 radical (unpaired) electrons. The molecule has 32 heavy (non-hydrogen) atoms. The molecule has 0 spiro atoms. The van der Waals surface area contributed by atoms with Crippen molar-refractivity contribution >= 4 is 66.4 Å². The number of anilines is 1. The Morgan fingerprint density at radius 1 is 1.09 bits per heavy atom. The van der Waals surface area contributed by atoms with Crippen LogP contribution in [0.3, 0.4) is 0 Å². The van der Waals surface area contributed by atoms with Crippen molar-refractivity contribution in [3.8, 4) is 0 Å². The van der Waals surface area contributed by atoms with Crippen LogP contribution < -0.4 is 4.90 Å². The fraction of sp³-hybridized carbons (Fsp3) is 0.364. The Kier molecular flexibility index (Phi) is 9.48. The molecule has 6 nitrogen and oxygen atoms in total. The van der Waals surface area contributed by atoms with Gasteiger partial charge in [0.05, 0.1) is 20.9 Å². The van der Waals surface area contributed by atoms with E-state index in [1.165, 1.54) is 11.3 Å². The number of carbonyl (C=O) groups excluding carboxylic acids is 1. The van der Waals surface area contributed by atoms with Crippen LogP contribution in [0.1, 0.15) is 18.4 Å². The molecule has 1 heterocycles. The van der Waals surface area contributed by atoms with Crippen LogP contribution in [0.2, 0.25) is 5.02 Å². The van der Waals surface area contributed by atoms with Gasteiger partial charge in [0.15, 0.2) is 15.0 Å². The Bertz CT molecular complexity index is 1160. The van der Waals surface area contributed by atoms with Crippen molar-refractivity contribution < 1.29 is 13.2 Å². The maximum atomic E-state index is 13.1. The minimum Gasteiger partial charge on any atom is -0.309 e. The van der Waals surface area contributed by atoms with E-state index in [4.69, 9.17) is 11.6 Å². The fourth-order valence-electron chi connectivity index (χ4n) is 3.09. The first-order valence-corrected chi connectivity index (χ1v) is 12.8. The van der Waals surface area contributed by atoms with Gasteiger partial charge >= 0.3 is 0 Å². The molecule has 3 aromatic rings. The van der Waals surface area contributed by atoms with Crippen molar-refractivity contribution in [2.75, 3.05) is 37.8 Å². The standard InChI is InChI=1S/C22H26ClN3O3S2.ClH/c1-16-5-8-18(9-6-16)31(28,29)14-11-21(27)26(13-4-12-25(2)3)22-24-19-10-7-17(23)15-20(19)30-22;/h5-10,15H,4,11-14H2,1-3H3;1H. The highest BCUT2D eigenvalue weighted by Gasteiger charge is 2.23. The zero-order valence-corrected chi connectivity index (χ0v) is 21.5. The lowest BCUT2D eigenvalue weighted by Crippen LogP contribution is -2.34. The summed E-state index contributed by atoms with van der Waals surface area (Å²) in [6.07, 6.45) is 0.648. The monoisotopic (exact) mass is 515 g/mol. The lowest BCUT2D eigenvalue weighted by molar-refractivity contribution is -0.118. The molecule has 0 aliphatic rings. The average Bonchev–Trinajstić information content (AvgIpc) is 3.12. The molecular formula is C22H27Cl2N3O3S2. The molecule has 10 heteroatoms. The van der Waals surface area contributed by atoms with E-state index in [0.29, 0.717) is 16.7 Å². The van der Waals surface area contributed by atoms with Crippen LogP contribution in [-0.2, 0) is 14.6 Å². The maximum absolute atomic E-state index is 13.1. The van der Waals surface area contributed by atoms with Crippen molar-refractivity contribution in [3.63, 3.8) is 0 Å². The van der Waals surface area contributed by atoms with E-state index in [9.17, 15) is 13.2 Å². The summed E-state index contributed by atoms with van der Waals surface area (Å²) in [4.78, 5) is 21.6. The lowest BCUT2D eigenvalue weighted by atomic mass is 10.2. The number of carbonyl (C=O) groups is 1. The van der Waals surface area contributed by atoms with Gasteiger partial charge in [0.25, 0.3) is 0 Å². The Morgan fingerprint density at radius 2 is 1.78 bits per heavy atom. The van der Waals surface area contributed by atoms with Gasteiger partial charge in [-0.25, -0.2) is 13.4 Å². The number of halogens is 2. The van der Waals surface area contributed by atoms with E-state index in [1.54, 1.807) is 35.2 Å². The molecular weight excluding hydrogens is 489 g/mol. The second-order valence-corrected chi connectivity index (χ2v) is 11.2. The minimum atomic E-state index is -3.54. The predicted octanol–water partition coefficient (Wildman–Crippen LogP) is 4.83. The van der Waals surface area contributed by atoms with Gasteiger partial charge < -0.3 is 4.90 Å². The van der Waals surface area contributed by atoms with Crippen LogP contribution in [0.5, 0.6) is 0 Å². The van der Waals surface area contributed by atoms with Gasteiger partial charge in [-0.3, -0.25) is 9.69 Å². The first kappa shape index (κ1) is 26.5. The molecule has 0 aliphatic carbocycles. The molecule has 0 bridgehead atoms. The Hall–Kier alpha value is -1.71. The Labute approximate surface area is 204 Å². The van der Waals surface area contributed by atoms with Crippen molar-refractivity contribution in [2.45, 2.75) is 24.7 Å². The minimum absolute atomic E-state index is 0. The van der Waals surface area contributed by atoms with E-state index in [-0.39, 0.29) is 35.4 Å². The molecule has 0 aliphatic heterocycles. The summed E-state index contributed by atoms with van der Waals surface area (Å²) in [6, 6.07) is 12.1. The number of fused-ring (bicyclic) bond motifs is 1. The molecule has 1 amide bonds. The molecule has 0 fully saturated rings. The molecule has 1 aromatic heterocycles. The largest absolute Gasteiger partial charge is 0.309 e. The highest BCUT2D eigenvalue weighted by molar-refractivity contribution is 7.91. The quantitative estimate of drug-likeness (QED) is 0.408. The van der Waals surface area contributed by atoms with E-state index in [2.05, 4.69) is 4.98 Å². The number of sulfone groups is 1. The number of rotatable bonds is 9. The Morgan fingerprint density at radius 3 is 2.44 bits per heavy atom. The average molecular weight is 517 g/mol. The topological polar surface area (TPSA) is 70.6 Å². The van der Waals surface area contributed by atoms with Crippen molar-refractivity contribution in [1.29, 1.82) is 0 Å². The summed E-state index contributed by atoms with van der Waals surface area (Å²) in [5.74, 6) is -0.491. The van der Waals surface area contributed by atoms with E-state index >= 15 is 0 Å². The summed E-state index contributed by atoms with van der Waals surface area (Å²) < 4.78 is 26.3. The van der Waals surface area contributed by atoms with Gasteiger partial charge in [-0.05, 0) is 64.3 Å².